The van der Waals surface area contributed by atoms with Gasteiger partial charge in [0, 0.05) is 19.0 Å². The predicted octanol–water partition coefficient (Wildman–Crippen LogP) is 2.03. The molecule has 1 aliphatic heterocycles. The molecule has 0 spiro atoms. The summed E-state index contributed by atoms with van der Waals surface area (Å²) in [5, 5.41) is 9.06. The zero-order valence-corrected chi connectivity index (χ0v) is 12.8. The fourth-order valence-electron chi connectivity index (χ4n) is 2.47. The summed E-state index contributed by atoms with van der Waals surface area (Å²) in [6.45, 7) is 1.90. The van der Waals surface area contributed by atoms with E-state index in [2.05, 4.69) is 16.0 Å². The molecule has 0 aromatic heterocycles. The summed E-state index contributed by atoms with van der Waals surface area (Å²) < 4.78 is 0. The molecular formula is C15H20ClN3O2. The van der Waals surface area contributed by atoms with Gasteiger partial charge in [-0.05, 0) is 50.0 Å². The summed E-state index contributed by atoms with van der Waals surface area (Å²) in [5.41, 5.74) is 0.947. The summed E-state index contributed by atoms with van der Waals surface area (Å²) in [4.78, 5) is 23.7. The zero-order valence-electron chi connectivity index (χ0n) is 12.0. The van der Waals surface area contributed by atoms with E-state index in [9.17, 15) is 9.59 Å². The fraction of sp³-hybridized carbons (Fsp3) is 0.467. The average Bonchev–Trinajstić information content (AvgIpc) is 2.49. The van der Waals surface area contributed by atoms with Crippen molar-refractivity contribution in [3.8, 4) is 0 Å². The van der Waals surface area contributed by atoms with E-state index in [0.717, 1.165) is 25.9 Å². The van der Waals surface area contributed by atoms with E-state index in [-0.39, 0.29) is 11.8 Å². The normalized spacial score (nSPS) is 18.1. The Kier molecular flexibility index (Phi) is 5.59. The highest BCUT2D eigenvalue weighted by Gasteiger charge is 2.17. The summed E-state index contributed by atoms with van der Waals surface area (Å²) in [5.74, 6) is 0.0814. The molecule has 114 valence electrons. The Hall–Kier alpha value is -1.59. The topological polar surface area (TPSA) is 70.2 Å². The number of nitrogens with one attached hydrogen (secondary N) is 3. The summed E-state index contributed by atoms with van der Waals surface area (Å²) >= 11 is 6.07. The number of rotatable bonds is 4. The van der Waals surface area contributed by atoms with Crippen LogP contribution in [0.3, 0.4) is 0 Å². The van der Waals surface area contributed by atoms with Crippen LogP contribution in [-0.4, -0.2) is 32.0 Å². The minimum Gasteiger partial charge on any atom is -0.355 e. The number of carbonyl (C=O) groups is 2. The number of carbonyl (C=O) groups excluding carboxylic acids is 2. The van der Waals surface area contributed by atoms with Crippen molar-refractivity contribution in [2.45, 2.75) is 19.3 Å². The van der Waals surface area contributed by atoms with Crippen molar-refractivity contribution < 1.29 is 9.59 Å². The third-order valence-electron chi connectivity index (χ3n) is 3.60. The minimum absolute atomic E-state index is 0.0698. The van der Waals surface area contributed by atoms with Gasteiger partial charge in [-0.2, -0.15) is 0 Å². The van der Waals surface area contributed by atoms with Crippen LogP contribution in [0, 0.1) is 5.92 Å². The maximum Gasteiger partial charge on any atom is 0.251 e. The molecule has 1 aliphatic rings. The molecule has 0 saturated carbocycles. The molecule has 1 aromatic rings. The molecule has 3 N–H and O–H groups in total. The maximum absolute atomic E-state index is 12.1. The third kappa shape index (κ3) is 4.44. The van der Waals surface area contributed by atoms with Gasteiger partial charge >= 0.3 is 0 Å². The van der Waals surface area contributed by atoms with Crippen LogP contribution in [0.25, 0.3) is 0 Å². The monoisotopic (exact) mass is 309 g/mol. The van der Waals surface area contributed by atoms with Gasteiger partial charge < -0.3 is 16.0 Å². The summed E-state index contributed by atoms with van der Waals surface area (Å²) in [6.07, 6.45) is 2.63. The molecule has 1 atom stereocenters. The van der Waals surface area contributed by atoms with Crippen molar-refractivity contribution in [2.75, 3.05) is 25.5 Å². The number of piperidine rings is 1. The van der Waals surface area contributed by atoms with Gasteiger partial charge in [-0.3, -0.25) is 9.59 Å². The van der Waals surface area contributed by atoms with Gasteiger partial charge in [0.2, 0.25) is 5.91 Å². The quantitative estimate of drug-likeness (QED) is 0.797. The summed E-state index contributed by atoms with van der Waals surface area (Å²) in [7, 11) is 1.56. The molecule has 1 saturated heterocycles. The van der Waals surface area contributed by atoms with Gasteiger partial charge in [0.15, 0.2) is 0 Å². The highest BCUT2D eigenvalue weighted by molar-refractivity contribution is 6.33. The van der Waals surface area contributed by atoms with Gasteiger partial charge in [0.1, 0.15) is 0 Å². The highest BCUT2D eigenvalue weighted by atomic mass is 35.5. The standard InChI is InChI=1S/C15H20ClN3O2/c1-17-15(21)11-4-5-12(16)13(8-11)19-14(20)7-10-3-2-6-18-9-10/h4-5,8,10,18H,2-3,6-7,9H2,1H3,(H,17,21)(H,19,20). The molecular weight excluding hydrogens is 290 g/mol. The minimum atomic E-state index is -0.210. The Morgan fingerprint density at radius 3 is 2.90 bits per heavy atom. The molecule has 2 amide bonds. The van der Waals surface area contributed by atoms with E-state index in [4.69, 9.17) is 11.6 Å². The Labute approximate surface area is 129 Å². The summed E-state index contributed by atoms with van der Waals surface area (Å²) in [6, 6.07) is 4.84. The fourth-order valence-corrected chi connectivity index (χ4v) is 2.63. The number of benzene rings is 1. The Morgan fingerprint density at radius 2 is 2.24 bits per heavy atom. The Morgan fingerprint density at radius 1 is 1.43 bits per heavy atom. The molecule has 0 bridgehead atoms. The predicted molar refractivity (Wildman–Crippen MR) is 83.7 cm³/mol. The second kappa shape index (κ2) is 7.43. The number of halogens is 1. The number of anilines is 1. The largest absolute Gasteiger partial charge is 0.355 e. The first-order valence-corrected chi connectivity index (χ1v) is 7.50. The van der Waals surface area contributed by atoms with Crippen molar-refractivity contribution >= 4 is 29.1 Å². The Balaban J connectivity index is 2.00. The van der Waals surface area contributed by atoms with Gasteiger partial charge in [-0.25, -0.2) is 0 Å². The molecule has 0 aliphatic carbocycles. The van der Waals surface area contributed by atoms with Crippen LogP contribution >= 0.6 is 11.6 Å². The van der Waals surface area contributed by atoms with Gasteiger partial charge in [0.05, 0.1) is 10.7 Å². The first-order chi connectivity index (χ1) is 10.1. The van der Waals surface area contributed by atoms with Crippen LogP contribution in [0.4, 0.5) is 5.69 Å². The number of hydrogen-bond acceptors (Lipinski definition) is 3. The van der Waals surface area contributed by atoms with Crippen LogP contribution in [0.2, 0.25) is 5.02 Å². The van der Waals surface area contributed by atoms with E-state index < -0.39 is 0 Å². The zero-order chi connectivity index (χ0) is 15.2. The van der Waals surface area contributed by atoms with Crippen molar-refractivity contribution in [1.29, 1.82) is 0 Å². The van der Waals surface area contributed by atoms with E-state index in [1.165, 1.54) is 0 Å². The molecule has 2 rings (SSSR count). The van der Waals surface area contributed by atoms with Crippen LogP contribution in [0.5, 0.6) is 0 Å². The van der Waals surface area contributed by atoms with E-state index in [1.54, 1.807) is 25.2 Å². The lowest BCUT2D eigenvalue weighted by molar-refractivity contribution is -0.117. The third-order valence-corrected chi connectivity index (χ3v) is 3.93. The van der Waals surface area contributed by atoms with Gasteiger partial charge in [-0.1, -0.05) is 11.6 Å². The van der Waals surface area contributed by atoms with E-state index in [0.29, 0.717) is 28.6 Å². The van der Waals surface area contributed by atoms with Gasteiger partial charge in [-0.15, -0.1) is 0 Å². The smallest absolute Gasteiger partial charge is 0.251 e. The number of hydrogen-bond donors (Lipinski definition) is 3. The van der Waals surface area contributed by atoms with E-state index >= 15 is 0 Å². The molecule has 5 nitrogen and oxygen atoms in total. The van der Waals surface area contributed by atoms with Gasteiger partial charge in [0.25, 0.3) is 5.91 Å². The molecule has 6 heteroatoms. The van der Waals surface area contributed by atoms with Crippen LogP contribution < -0.4 is 16.0 Å². The van der Waals surface area contributed by atoms with Crippen LogP contribution in [0.1, 0.15) is 29.6 Å². The Bertz CT molecular complexity index is 528. The molecule has 1 aromatic carbocycles. The van der Waals surface area contributed by atoms with Crippen LogP contribution in [0.15, 0.2) is 18.2 Å². The van der Waals surface area contributed by atoms with Crippen molar-refractivity contribution in [3.63, 3.8) is 0 Å². The molecule has 0 radical (unpaired) electrons. The highest BCUT2D eigenvalue weighted by Crippen LogP contribution is 2.24. The lowest BCUT2D eigenvalue weighted by Gasteiger charge is -2.22. The molecule has 21 heavy (non-hydrogen) atoms. The second-order valence-electron chi connectivity index (χ2n) is 5.24. The SMILES string of the molecule is CNC(=O)c1ccc(Cl)c(NC(=O)CC2CCCNC2)c1. The average molecular weight is 310 g/mol. The number of amides is 2. The lowest BCUT2D eigenvalue weighted by atomic mass is 9.96. The first-order valence-electron chi connectivity index (χ1n) is 7.12. The van der Waals surface area contributed by atoms with Crippen LogP contribution in [-0.2, 0) is 4.79 Å². The van der Waals surface area contributed by atoms with Crippen molar-refractivity contribution in [1.82, 2.24) is 10.6 Å². The van der Waals surface area contributed by atoms with Crippen molar-refractivity contribution in [3.05, 3.63) is 28.8 Å². The van der Waals surface area contributed by atoms with Crippen molar-refractivity contribution in [2.24, 2.45) is 5.92 Å². The first kappa shape index (κ1) is 15.8. The maximum atomic E-state index is 12.1. The molecule has 1 fully saturated rings. The molecule has 1 unspecified atom stereocenters. The molecule has 1 heterocycles. The lowest BCUT2D eigenvalue weighted by Crippen LogP contribution is -2.32. The second-order valence-corrected chi connectivity index (χ2v) is 5.65. The van der Waals surface area contributed by atoms with E-state index in [1.807, 2.05) is 0 Å².